The van der Waals surface area contributed by atoms with Gasteiger partial charge in [0.2, 0.25) is 0 Å². The summed E-state index contributed by atoms with van der Waals surface area (Å²) in [5, 5.41) is 1.30. The van der Waals surface area contributed by atoms with Gasteiger partial charge in [-0.05, 0) is 18.8 Å². The first kappa shape index (κ1) is 10.1. The number of aromatic nitrogens is 1. The van der Waals surface area contributed by atoms with E-state index in [4.69, 9.17) is 5.73 Å². The van der Waals surface area contributed by atoms with Crippen LogP contribution in [0.15, 0.2) is 0 Å². The first-order valence-electron chi connectivity index (χ1n) is 5.38. The minimum Gasteiger partial charge on any atom is -0.327 e. The van der Waals surface area contributed by atoms with Crippen LogP contribution in [0.5, 0.6) is 0 Å². The van der Waals surface area contributed by atoms with Crippen molar-refractivity contribution in [3.05, 3.63) is 15.6 Å². The van der Waals surface area contributed by atoms with Crippen LogP contribution >= 0.6 is 11.3 Å². The summed E-state index contributed by atoms with van der Waals surface area (Å²) in [4.78, 5) is 6.17. The van der Waals surface area contributed by atoms with E-state index in [-0.39, 0.29) is 0 Å². The zero-order valence-corrected chi connectivity index (χ0v) is 9.73. The Labute approximate surface area is 89.5 Å². The molecule has 0 saturated carbocycles. The van der Waals surface area contributed by atoms with Crippen LogP contribution in [0.4, 0.5) is 0 Å². The lowest BCUT2D eigenvalue weighted by Gasteiger charge is -2.15. The topological polar surface area (TPSA) is 38.9 Å². The Morgan fingerprint density at radius 3 is 3.07 bits per heavy atom. The van der Waals surface area contributed by atoms with Crippen molar-refractivity contribution in [2.75, 3.05) is 0 Å². The summed E-state index contributed by atoms with van der Waals surface area (Å²) in [5.74, 6) is 0.705. The zero-order valence-electron chi connectivity index (χ0n) is 8.92. The number of thiazole rings is 1. The van der Waals surface area contributed by atoms with Gasteiger partial charge in [-0.2, -0.15) is 0 Å². The molecule has 0 aliphatic heterocycles. The molecule has 1 unspecified atom stereocenters. The summed E-state index contributed by atoms with van der Waals surface area (Å²) in [6.45, 7) is 4.48. The van der Waals surface area contributed by atoms with E-state index in [0.717, 1.165) is 25.7 Å². The van der Waals surface area contributed by atoms with Crippen LogP contribution in [0, 0.1) is 5.92 Å². The summed E-state index contributed by atoms with van der Waals surface area (Å²) < 4.78 is 0. The molecule has 1 aromatic heterocycles. The average molecular weight is 210 g/mol. The second-order valence-corrected chi connectivity index (χ2v) is 5.75. The fraction of sp³-hybridized carbons (Fsp3) is 0.727. The third-order valence-electron chi connectivity index (χ3n) is 2.60. The number of nitrogens with two attached hydrogens (primary N) is 1. The maximum Gasteiger partial charge on any atom is 0.0933 e. The largest absolute Gasteiger partial charge is 0.327 e. The summed E-state index contributed by atoms with van der Waals surface area (Å²) in [5.41, 5.74) is 7.21. The van der Waals surface area contributed by atoms with Crippen LogP contribution in [0.1, 0.15) is 35.8 Å². The first-order chi connectivity index (χ1) is 6.65. The molecule has 1 atom stereocenters. The molecule has 0 saturated heterocycles. The number of fused-ring (bicyclic) bond motifs is 1. The van der Waals surface area contributed by atoms with Crippen molar-refractivity contribution in [3.63, 3.8) is 0 Å². The van der Waals surface area contributed by atoms with Gasteiger partial charge in [-0.3, -0.25) is 0 Å². The molecule has 1 aromatic rings. The predicted molar refractivity (Wildman–Crippen MR) is 60.7 cm³/mol. The minimum atomic E-state index is 0.344. The third-order valence-corrected chi connectivity index (χ3v) is 3.78. The standard InChI is InChI=1S/C11H18N2S/c1-7(2)5-11-13-9-6-8(12)3-4-10(9)14-11/h7-8H,3-6,12H2,1-2H3. The number of hydrogen-bond donors (Lipinski definition) is 1. The van der Waals surface area contributed by atoms with E-state index in [1.807, 2.05) is 11.3 Å². The Morgan fingerprint density at radius 1 is 1.57 bits per heavy atom. The van der Waals surface area contributed by atoms with Gasteiger partial charge in [0.15, 0.2) is 0 Å². The quantitative estimate of drug-likeness (QED) is 0.812. The molecule has 3 heteroatoms. The number of aryl methyl sites for hydroxylation is 1. The van der Waals surface area contributed by atoms with E-state index in [9.17, 15) is 0 Å². The fourth-order valence-corrected chi connectivity index (χ4v) is 3.22. The highest BCUT2D eigenvalue weighted by atomic mass is 32.1. The lowest BCUT2D eigenvalue weighted by atomic mass is 9.98. The van der Waals surface area contributed by atoms with Gasteiger partial charge in [0.25, 0.3) is 0 Å². The van der Waals surface area contributed by atoms with Gasteiger partial charge in [0, 0.05) is 23.8 Å². The lowest BCUT2D eigenvalue weighted by molar-refractivity contribution is 0.571. The van der Waals surface area contributed by atoms with Gasteiger partial charge in [-0.15, -0.1) is 11.3 Å². The van der Waals surface area contributed by atoms with Crippen LogP contribution in [0.3, 0.4) is 0 Å². The second kappa shape index (κ2) is 3.99. The maximum absolute atomic E-state index is 5.92. The predicted octanol–water partition coefficient (Wildman–Crippen LogP) is 2.16. The van der Waals surface area contributed by atoms with Crippen molar-refractivity contribution < 1.29 is 0 Å². The molecule has 0 radical (unpaired) electrons. The number of nitrogens with zero attached hydrogens (tertiary/aromatic N) is 1. The van der Waals surface area contributed by atoms with Crippen molar-refractivity contribution in [1.29, 1.82) is 0 Å². The molecule has 14 heavy (non-hydrogen) atoms. The maximum atomic E-state index is 5.92. The van der Waals surface area contributed by atoms with Crippen LogP contribution in [-0.4, -0.2) is 11.0 Å². The third kappa shape index (κ3) is 2.15. The highest BCUT2D eigenvalue weighted by Gasteiger charge is 2.19. The summed E-state index contributed by atoms with van der Waals surface area (Å²) >= 11 is 1.90. The first-order valence-corrected chi connectivity index (χ1v) is 6.20. The Bertz CT molecular complexity index is 317. The van der Waals surface area contributed by atoms with E-state index < -0.39 is 0 Å². The van der Waals surface area contributed by atoms with Gasteiger partial charge >= 0.3 is 0 Å². The Morgan fingerprint density at radius 2 is 2.36 bits per heavy atom. The van der Waals surface area contributed by atoms with Crippen molar-refractivity contribution >= 4 is 11.3 Å². The Hall–Kier alpha value is -0.410. The molecule has 0 bridgehead atoms. The summed E-state index contributed by atoms with van der Waals surface area (Å²) in [7, 11) is 0. The summed E-state index contributed by atoms with van der Waals surface area (Å²) in [6, 6.07) is 0.344. The Kier molecular flexibility index (Phi) is 2.88. The molecular weight excluding hydrogens is 192 g/mol. The number of hydrogen-bond acceptors (Lipinski definition) is 3. The highest BCUT2D eigenvalue weighted by Crippen LogP contribution is 2.27. The molecule has 0 fully saturated rings. The molecule has 1 aliphatic rings. The van der Waals surface area contributed by atoms with Crippen LogP contribution in [-0.2, 0) is 19.3 Å². The lowest BCUT2D eigenvalue weighted by Crippen LogP contribution is -2.27. The van der Waals surface area contributed by atoms with Gasteiger partial charge < -0.3 is 5.73 Å². The molecule has 0 spiro atoms. The average Bonchev–Trinajstić information content (AvgIpc) is 2.44. The minimum absolute atomic E-state index is 0.344. The van der Waals surface area contributed by atoms with E-state index in [0.29, 0.717) is 12.0 Å². The Balaban J connectivity index is 2.15. The monoisotopic (exact) mass is 210 g/mol. The molecule has 1 aliphatic carbocycles. The van der Waals surface area contributed by atoms with E-state index >= 15 is 0 Å². The molecule has 2 nitrogen and oxygen atoms in total. The van der Waals surface area contributed by atoms with Crippen LogP contribution < -0.4 is 5.73 Å². The van der Waals surface area contributed by atoms with Crippen molar-refractivity contribution in [2.24, 2.45) is 11.7 Å². The second-order valence-electron chi connectivity index (χ2n) is 4.58. The van der Waals surface area contributed by atoms with Gasteiger partial charge in [-0.1, -0.05) is 13.8 Å². The fourth-order valence-electron chi connectivity index (χ4n) is 1.90. The molecule has 0 amide bonds. The van der Waals surface area contributed by atoms with Gasteiger partial charge in [0.05, 0.1) is 10.7 Å². The molecule has 78 valence electrons. The van der Waals surface area contributed by atoms with E-state index in [1.54, 1.807) is 0 Å². The van der Waals surface area contributed by atoms with Gasteiger partial charge in [0.1, 0.15) is 0 Å². The summed E-state index contributed by atoms with van der Waals surface area (Å²) in [6.07, 6.45) is 4.39. The SMILES string of the molecule is CC(C)Cc1nc2c(s1)CCC(N)C2. The molecular formula is C11H18N2S. The highest BCUT2D eigenvalue weighted by molar-refractivity contribution is 7.11. The van der Waals surface area contributed by atoms with E-state index in [1.165, 1.54) is 15.6 Å². The molecule has 0 aromatic carbocycles. The van der Waals surface area contributed by atoms with Crippen molar-refractivity contribution in [2.45, 2.75) is 45.6 Å². The number of rotatable bonds is 2. The molecule has 2 rings (SSSR count). The smallest absolute Gasteiger partial charge is 0.0933 e. The van der Waals surface area contributed by atoms with Crippen molar-refractivity contribution in [3.8, 4) is 0 Å². The molecule has 1 heterocycles. The van der Waals surface area contributed by atoms with Crippen LogP contribution in [0.2, 0.25) is 0 Å². The van der Waals surface area contributed by atoms with Gasteiger partial charge in [-0.25, -0.2) is 4.98 Å². The van der Waals surface area contributed by atoms with E-state index in [2.05, 4.69) is 18.8 Å². The van der Waals surface area contributed by atoms with Crippen molar-refractivity contribution in [1.82, 2.24) is 4.98 Å². The molecule has 2 N–H and O–H groups in total. The normalized spacial score (nSPS) is 21.3. The van der Waals surface area contributed by atoms with Crippen LogP contribution in [0.25, 0.3) is 0 Å². The zero-order chi connectivity index (χ0) is 10.1.